The molecule has 2 saturated heterocycles. The number of nitrogens with one attached hydrogen (secondary N) is 1. The molecule has 2 aliphatic heterocycles. The molecule has 2 heterocycles. The van der Waals surface area contributed by atoms with E-state index < -0.39 is 0 Å². The quantitative estimate of drug-likeness (QED) is 0.721. The molecule has 3 amide bonds. The molecule has 0 aliphatic carbocycles. The van der Waals surface area contributed by atoms with Crippen molar-refractivity contribution < 1.29 is 14.4 Å². The Morgan fingerprint density at radius 2 is 1.79 bits per heavy atom. The molecule has 0 aromatic heterocycles. The van der Waals surface area contributed by atoms with Crippen molar-refractivity contribution in [2.45, 2.75) is 38.5 Å². The van der Waals surface area contributed by atoms with Crippen molar-refractivity contribution in [3.8, 4) is 0 Å². The summed E-state index contributed by atoms with van der Waals surface area (Å²) in [5.41, 5.74) is 1.13. The Kier molecular flexibility index (Phi) is 7.31. The van der Waals surface area contributed by atoms with E-state index in [0.29, 0.717) is 50.5 Å². The molecule has 1 unspecified atom stereocenters. The summed E-state index contributed by atoms with van der Waals surface area (Å²) >= 11 is 5.88. The van der Waals surface area contributed by atoms with Gasteiger partial charge in [0.25, 0.3) is 0 Å². The molecule has 2 aliphatic rings. The molecule has 1 aromatic rings. The lowest BCUT2D eigenvalue weighted by atomic mass is 9.96. The Balaban J connectivity index is 1.39. The van der Waals surface area contributed by atoms with Crippen LogP contribution in [0, 0.1) is 5.92 Å². The number of rotatable bonds is 8. The molecular formula is C21H28ClN3O3. The minimum absolute atomic E-state index is 0.0150. The number of nitrogens with zero attached hydrogens (tertiary/aromatic N) is 2. The first-order valence-corrected chi connectivity index (χ1v) is 10.5. The number of carbonyl (C=O) groups excluding carboxylic acids is 3. The van der Waals surface area contributed by atoms with E-state index in [1.165, 1.54) is 0 Å². The third-order valence-corrected chi connectivity index (χ3v) is 5.78. The minimum atomic E-state index is -0.156. The van der Waals surface area contributed by atoms with E-state index in [4.69, 9.17) is 11.6 Å². The number of halogens is 1. The van der Waals surface area contributed by atoms with Gasteiger partial charge in [0.2, 0.25) is 17.7 Å². The van der Waals surface area contributed by atoms with Gasteiger partial charge < -0.3 is 15.1 Å². The normalized spacial score (nSPS) is 20.0. The summed E-state index contributed by atoms with van der Waals surface area (Å²) in [5, 5.41) is 3.70. The Morgan fingerprint density at radius 3 is 2.50 bits per heavy atom. The zero-order valence-corrected chi connectivity index (χ0v) is 16.9. The molecule has 0 spiro atoms. The molecule has 1 atom stereocenters. The summed E-state index contributed by atoms with van der Waals surface area (Å²) in [4.78, 5) is 40.0. The van der Waals surface area contributed by atoms with Gasteiger partial charge in [-0.1, -0.05) is 23.7 Å². The number of likely N-dealkylation sites (tertiary alicyclic amines) is 2. The van der Waals surface area contributed by atoms with Gasteiger partial charge in [0.15, 0.2) is 0 Å². The van der Waals surface area contributed by atoms with Gasteiger partial charge in [-0.2, -0.15) is 0 Å². The lowest BCUT2D eigenvalue weighted by molar-refractivity contribution is -0.138. The minimum Gasteiger partial charge on any atom is -0.355 e. The fourth-order valence-corrected chi connectivity index (χ4v) is 3.99. The van der Waals surface area contributed by atoms with E-state index in [-0.39, 0.29) is 23.6 Å². The van der Waals surface area contributed by atoms with Crippen LogP contribution in [0.3, 0.4) is 0 Å². The van der Waals surface area contributed by atoms with Crippen molar-refractivity contribution in [3.05, 3.63) is 34.9 Å². The van der Waals surface area contributed by atoms with E-state index in [0.717, 1.165) is 31.4 Å². The predicted octanol–water partition coefficient (Wildman–Crippen LogP) is 2.25. The summed E-state index contributed by atoms with van der Waals surface area (Å²) in [5.74, 6) is 0.179. The predicted molar refractivity (Wildman–Crippen MR) is 108 cm³/mol. The van der Waals surface area contributed by atoms with Crippen LogP contribution < -0.4 is 5.32 Å². The highest BCUT2D eigenvalue weighted by molar-refractivity contribution is 6.30. The Bertz CT molecular complexity index is 707. The topological polar surface area (TPSA) is 69.7 Å². The van der Waals surface area contributed by atoms with E-state index in [1.807, 2.05) is 29.2 Å². The highest BCUT2D eigenvalue weighted by Crippen LogP contribution is 2.19. The molecule has 3 rings (SSSR count). The second-order valence-electron chi connectivity index (χ2n) is 7.58. The Hall–Kier alpha value is -2.08. The maximum atomic E-state index is 12.5. The molecule has 7 heteroatoms. The number of hydrogen-bond donors (Lipinski definition) is 1. The first-order chi connectivity index (χ1) is 13.5. The van der Waals surface area contributed by atoms with E-state index in [9.17, 15) is 14.4 Å². The lowest BCUT2D eigenvalue weighted by Crippen LogP contribution is -2.46. The van der Waals surface area contributed by atoms with Crippen LogP contribution in [0.4, 0.5) is 0 Å². The van der Waals surface area contributed by atoms with Crippen LogP contribution in [-0.4, -0.2) is 60.2 Å². The average Bonchev–Trinajstić information content (AvgIpc) is 3.09. The van der Waals surface area contributed by atoms with Crippen LogP contribution >= 0.6 is 11.6 Å². The molecule has 28 heavy (non-hydrogen) atoms. The van der Waals surface area contributed by atoms with Crippen LogP contribution in [0.15, 0.2) is 24.3 Å². The average molecular weight is 406 g/mol. The summed E-state index contributed by atoms with van der Waals surface area (Å²) in [6.07, 6.45) is 4.11. The van der Waals surface area contributed by atoms with E-state index >= 15 is 0 Å². The van der Waals surface area contributed by atoms with Crippen molar-refractivity contribution in [2.75, 3.05) is 32.7 Å². The van der Waals surface area contributed by atoms with E-state index in [1.54, 1.807) is 4.90 Å². The highest BCUT2D eigenvalue weighted by Gasteiger charge is 2.30. The molecule has 6 nitrogen and oxygen atoms in total. The highest BCUT2D eigenvalue weighted by atomic mass is 35.5. The zero-order chi connectivity index (χ0) is 19.9. The number of piperidine rings is 1. The Labute approximate surface area is 171 Å². The van der Waals surface area contributed by atoms with Crippen LogP contribution in [0.2, 0.25) is 5.02 Å². The molecule has 1 aromatic carbocycles. The summed E-state index contributed by atoms with van der Waals surface area (Å²) < 4.78 is 0. The summed E-state index contributed by atoms with van der Waals surface area (Å²) in [7, 11) is 0. The first-order valence-electron chi connectivity index (χ1n) is 10.1. The molecule has 0 saturated carbocycles. The van der Waals surface area contributed by atoms with Gasteiger partial charge >= 0.3 is 0 Å². The summed E-state index contributed by atoms with van der Waals surface area (Å²) in [6.45, 7) is 3.17. The second kappa shape index (κ2) is 9.92. The van der Waals surface area contributed by atoms with Crippen molar-refractivity contribution in [3.63, 3.8) is 0 Å². The van der Waals surface area contributed by atoms with Crippen molar-refractivity contribution in [1.29, 1.82) is 0 Å². The van der Waals surface area contributed by atoms with Gasteiger partial charge in [-0.15, -0.1) is 0 Å². The first kappa shape index (κ1) is 20.6. The van der Waals surface area contributed by atoms with Crippen molar-refractivity contribution >= 4 is 29.3 Å². The van der Waals surface area contributed by atoms with Crippen LogP contribution in [0.5, 0.6) is 0 Å². The zero-order valence-electron chi connectivity index (χ0n) is 16.2. The van der Waals surface area contributed by atoms with Crippen molar-refractivity contribution in [2.24, 2.45) is 5.92 Å². The molecule has 2 fully saturated rings. The number of hydrogen-bond acceptors (Lipinski definition) is 3. The number of benzene rings is 1. The maximum absolute atomic E-state index is 12.5. The van der Waals surface area contributed by atoms with Gasteiger partial charge in [-0.25, -0.2) is 0 Å². The Morgan fingerprint density at radius 1 is 1.07 bits per heavy atom. The van der Waals surface area contributed by atoms with Crippen LogP contribution in [0.1, 0.15) is 37.7 Å². The van der Waals surface area contributed by atoms with Gasteiger partial charge in [-0.05, 0) is 43.4 Å². The third-order valence-electron chi connectivity index (χ3n) is 5.52. The molecule has 0 radical (unpaired) electrons. The monoisotopic (exact) mass is 405 g/mol. The molecule has 1 N–H and O–H groups in total. The lowest BCUT2D eigenvalue weighted by Gasteiger charge is -2.32. The van der Waals surface area contributed by atoms with Gasteiger partial charge in [0.05, 0.1) is 5.92 Å². The van der Waals surface area contributed by atoms with Gasteiger partial charge in [0, 0.05) is 50.6 Å². The van der Waals surface area contributed by atoms with Crippen LogP contribution in [-0.2, 0) is 20.8 Å². The fraction of sp³-hybridized carbons (Fsp3) is 0.571. The number of carbonyl (C=O) groups is 3. The van der Waals surface area contributed by atoms with Crippen molar-refractivity contribution in [1.82, 2.24) is 15.1 Å². The smallest absolute Gasteiger partial charge is 0.224 e. The SMILES string of the molecule is O=C(NCCc1ccc(Cl)cc1)C1CCC(=O)N(CCCN2CCCC2=O)C1. The van der Waals surface area contributed by atoms with Gasteiger partial charge in [-0.3, -0.25) is 14.4 Å². The molecule has 152 valence electrons. The second-order valence-corrected chi connectivity index (χ2v) is 8.02. The van der Waals surface area contributed by atoms with Gasteiger partial charge in [0.1, 0.15) is 0 Å². The third kappa shape index (κ3) is 5.71. The van der Waals surface area contributed by atoms with Crippen LogP contribution in [0.25, 0.3) is 0 Å². The fourth-order valence-electron chi connectivity index (χ4n) is 3.86. The number of amides is 3. The largest absolute Gasteiger partial charge is 0.355 e. The maximum Gasteiger partial charge on any atom is 0.224 e. The van der Waals surface area contributed by atoms with E-state index in [2.05, 4.69) is 5.32 Å². The molecular weight excluding hydrogens is 378 g/mol. The molecule has 0 bridgehead atoms. The summed E-state index contributed by atoms with van der Waals surface area (Å²) in [6, 6.07) is 7.61. The standard InChI is InChI=1S/C21H28ClN3O3/c22-18-7-4-16(5-8-18)10-11-23-21(28)17-6-9-20(27)25(15-17)14-2-13-24-12-1-3-19(24)26/h4-5,7-8,17H,1-3,6,9-15H2,(H,23,28).